The van der Waals surface area contributed by atoms with Crippen LogP contribution in [0.2, 0.25) is 0 Å². The SMILES string of the molecule is COc1ccc(C2(C)NC(=O)N(CC(=O)Nc3nc(-c4ccc(C)cc4)cs3)C2=O)cc1. The quantitative estimate of drug-likeness (QED) is 0.560. The van der Waals surface area contributed by atoms with Gasteiger partial charge in [0.25, 0.3) is 5.91 Å². The van der Waals surface area contributed by atoms with Crippen LogP contribution in [0.15, 0.2) is 53.9 Å². The number of hydrogen-bond acceptors (Lipinski definition) is 6. The fraction of sp³-hybridized carbons (Fsp3) is 0.217. The molecular weight excluding hydrogens is 428 g/mol. The number of aromatic nitrogens is 1. The molecule has 0 saturated carbocycles. The van der Waals surface area contributed by atoms with Crippen molar-refractivity contribution in [3.63, 3.8) is 0 Å². The summed E-state index contributed by atoms with van der Waals surface area (Å²) in [5.41, 5.74) is 2.17. The summed E-state index contributed by atoms with van der Waals surface area (Å²) in [5, 5.41) is 7.60. The van der Waals surface area contributed by atoms with Crippen LogP contribution >= 0.6 is 11.3 Å². The van der Waals surface area contributed by atoms with Crippen LogP contribution < -0.4 is 15.4 Å². The summed E-state index contributed by atoms with van der Waals surface area (Å²) in [7, 11) is 1.55. The first-order chi connectivity index (χ1) is 15.3. The van der Waals surface area contributed by atoms with Gasteiger partial charge in [0, 0.05) is 10.9 Å². The number of hydrogen-bond donors (Lipinski definition) is 2. The minimum absolute atomic E-state index is 0.399. The van der Waals surface area contributed by atoms with Gasteiger partial charge in [-0.1, -0.05) is 42.0 Å². The maximum Gasteiger partial charge on any atom is 0.325 e. The number of carbonyl (C=O) groups is 3. The first-order valence-corrected chi connectivity index (χ1v) is 10.8. The summed E-state index contributed by atoms with van der Waals surface area (Å²) < 4.78 is 5.14. The van der Waals surface area contributed by atoms with E-state index in [2.05, 4.69) is 15.6 Å². The lowest BCUT2D eigenvalue weighted by Crippen LogP contribution is -2.42. The average Bonchev–Trinajstić information content (AvgIpc) is 3.33. The summed E-state index contributed by atoms with van der Waals surface area (Å²) in [6.45, 7) is 3.21. The summed E-state index contributed by atoms with van der Waals surface area (Å²) in [5.74, 6) is -0.363. The molecule has 1 saturated heterocycles. The largest absolute Gasteiger partial charge is 0.497 e. The van der Waals surface area contributed by atoms with Gasteiger partial charge in [0.2, 0.25) is 5.91 Å². The molecule has 4 amide bonds. The Labute approximate surface area is 189 Å². The number of carbonyl (C=O) groups excluding carboxylic acids is 3. The molecular formula is C23H22N4O4S. The molecule has 1 atom stereocenters. The van der Waals surface area contributed by atoms with Gasteiger partial charge in [0.05, 0.1) is 12.8 Å². The van der Waals surface area contributed by atoms with Gasteiger partial charge in [-0.3, -0.25) is 14.5 Å². The van der Waals surface area contributed by atoms with Crippen molar-refractivity contribution in [2.45, 2.75) is 19.4 Å². The Balaban J connectivity index is 1.43. The highest BCUT2D eigenvalue weighted by molar-refractivity contribution is 7.14. The van der Waals surface area contributed by atoms with Crippen molar-refractivity contribution in [2.24, 2.45) is 0 Å². The Kier molecular flexibility index (Phi) is 5.67. The summed E-state index contributed by atoms with van der Waals surface area (Å²) in [4.78, 5) is 43.4. The lowest BCUT2D eigenvalue weighted by atomic mass is 9.92. The van der Waals surface area contributed by atoms with E-state index in [9.17, 15) is 14.4 Å². The lowest BCUT2D eigenvalue weighted by Gasteiger charge is -2.22. The average molecular weight is 451 g/mol. The first-order valence-electron chi connectivity index (χ1n) is 9.91. The number of aryl methyl sites for hydroxylation is 1. The van der Waals surface area contributed by atoms with Crippen molar-refractivity contribution in [3.05, 3.63) is 65.0 Å². The zero-order chi connectivity index (χ0) is 22.9. The number of thiazole rings is 1. The third kappa shape index (κ3) is 4.06. The van der Waals surface area contributed by atoms with Crippen molar-refractivity contribution in [1.82, 2.24) is 15.2 Å². The summed E-state index contributed by atoms with van der Waals surface area (Å²) in [6.07, 6.45) is 0. The molecule has 2 N–H and O–H groups in total. The number of benzene rings is 2. The maximum absolute atomic E-state index is 13.0. The molecule has 0 spiro atoms. The normalized spacial score (nSPS) is 17.9. The molecule has 9 heteroatoms. The molecule has 1 unspecified atom stereocenters. The third-order valence-electron chi connectivity index (χ3n) is 5.34. The molecule has 0 bridgehead atoms. The van der Waals surface area contributed by atoms with E-state index in [-0.39, 0.29) is 0 Å². The van der Waals surface area contributed by atoms with Crippen molar-refractivity contribution in [1.29, 1.82) is 0 Å². The highest BCUT2D eigenvalue weighted by Gasteiger charge is 2.49. The monoisotopic (exact) mass is 450 g/mol. The Morgan fingerprint density at radius 3 is 2.50 bits per heavy atom. The van der Waals surface area contributed by atoms with Crippen molar-refractivity contribution in [3.8, 4) is 17.0 Å². The Hall–Kier alpha value is -3.72. The van der Waals surface area contributed by atoms with E-state index in [4.69, 9.17) is 4.74 Å². The molecule has 4 rings (SSSR count). The maximum atomic E-state index is 13.0. The fourth-order valence-corrected chi connectivity index (χ4v) is 4.19. The van der Waals surface area contributed by atoms with Crippen LogP contribution in [0.25, 0.3) is 11.3 Å². The van der Waals surface area contributed by atoms with E-state index < -0.39 is 29.9 Å². The van der Waals surface area contributed by atoms with E-state index in [1.54, 1.807) is 38.3 Å². The smallest absolute Gasteiger partial charge is 0.325 e. The molecule has 0 radical (unpaired) electrons. The van der Waals surface area contributed by atoms with Crippen LogP contribution in [-0.2, 0) is 15.1 Å². The summed E-state index contributed by atoms with van der Waals surface area (Å²) in [6, 6.07) is 14.1. The molecule has 164 valence electrons. The topological polar surface area (TPSA) is 101 Å². The predicted molar refractivity (Wildman–Crippen MR) is 122 cm³/mol. The van der Waals surface area contributed by atoms with Gasteiger partial charge in [-0.25, -0.2) is 9.78 Å². The van der Waals surface area contributed by atoms with Crippen LogP contribution in [0.3, 0.4) is 0 Å². The second kappa shape index (κ2) is 8.43. The highest BCUT2D eigenvalue weighted by atomic mass is 32.1. The molecule has 32 heavy (non-hydrogen) atoms. The minimum Gasteiger partial charge on any atom is -0.497 e. The molecule has 1 aromatic heterocycles. The van der Waals surface area contributed by atoms with Gasteiger partial charge in [-0.2, -0.15) is 0 Å². The zero-order valence-corrected chi connectivity index (χ0v) is 18.7. The number of imide groups is 1. The van der Waals surface area contributed by atoms with Crippen molar-refractivity contribution in [2.75, 3.05) is 19.0 Å². The number of anilines is 1. The molecule has 1 aliphatic rings. The van der Waals surface area contributed by atoms with E-state index >= 15 is 0 Å². The van der Waals surface area contributed by atoms with Crippen LogP contribution in [-0.4, -0.2) is 41.4 Å². The van der Waals surface area contributed by atoms with E-state index in [0.29, 0.717) is 16.4 Å². The van der Waals surface area contributed by atoms with E-state index in [1.165, 1.54) is 11.3 Å². The van der Waals surface area contributed by atoms with Gasteiger partial charge in [0.1, 0.15) is 17.8 Å². The third-order valence-corrected chi connectivity index (χ3v) is 6.10. The van der Waals surface area contributed by atoms with Crippen LogP contribution in [0.4, 0.5) is 9.93 Å². The van der Waals surface area contributed by atoms with Crippen molar-refractivity contribution >= 4 is 34.3 Å². The van der Waals surface area contributed by atoms with Crippen molar-refractivity contribution < 1.29 is 19.1 Å². The number of urea groups is 1. The fourth-order valence-electron chi connectivity index (χ4n) is 3.45. The van der Waals surface area contributed by atoms with E-state index in [1.807, 2.05) is 36.6 Å². The number of rotatable bonds is 6. The standard InChI is InChI=1S/C23H22N4O4S/c1-14-4-6-15(7-5-14)18-13-32-21(24-18)25-19(28)12-27-20(29)23(2,26-22(27)30)16-8-10-17(31-3)11-9-16/h4-11,13H,12H2,1-3H3,(H,26,30)(H,24,25,28). The minimum atomic E-state index is -1.26. The second-order valence-electron chi connectivity index (χ2n) is 7.63. The van der Waals surface area contributed by atoms with Gasteiger partial charge >= 0.3 is 6.03 Å². The Bertz CT molecular complexity index is 1170. The molecule has 0 aliphatic carbocycles. The summed E-state index contributed by atoms with van der Waals surface area (Å²) >= 11 is 1.28. The second-order valence-corrected chi connectivity index (χ2v) is 8.49. The Morgan fingerprint density at radius 2 is 1.84 bits per heavy atom. The highest BCUT2D eigenvalue weighted by Crippen LogP contribution is 2.30. The number of methoxy groups -OCH3 is 1. The van der Waals surface area contributed by atoms with Crippen LogP contribution in [0.5, 0.6) is 5.75 Å². The van der Waals surface area contributed by atoms with Crippen LogP contribution in [0.1, 0.15) is 18.1 Å². The predicted octanol–water partition coefficient (Wildman–Crippen LogP) is 3.53. The number of nitrogens with one attached hydrogen (secondary N) is 2. The van der Waals surface area contributed by atoms with Gasteiger partial charge in [-0.05, 0) is 31.5 Å². The van der Waals surface area contributed by atoms with Crippen LogP contribution in [0, 0.1) is 6.92 Å². The molecule has 1 fully saturated rings. The first kappa shape index (κ1) is 21.5. The molecule has 2 heterocycles. The van der Waals surface area contributed by atoms with Gasteiger partial charge in [0.15, 0.2) is 5.13 Å². The zero-order valence-electron chi connectivity index (χ0n) is 17.8. The number of amides is 4. The van der Waals surface area contributed by atoms with E-state index in [0.717, 1.165) is 21.7 Å². The lowest BCUT2D eigenvalue weighted by molar-refractivity contribution is -0.133. The van der Waals surface area contributed by atoms with Gasteiger partial charge < -0.3 is 15.4 Å². The molecule has 3 aromatic rings. The number of nitrogens with zero attached hydrogens (tertiary/aromatic N) is 2. The number of ether oxygens (including phenoxy) is 1. The molecule has 8 nitrogen and oxygen atoms in total. The molecule has 2 aromatic carbocycles. The Morgan fingerprint density at radius 1 is 1.16 bits per heavy atom. The van der Waals surface area contributed by atoms with Gasteiger partial charge in [-0.15, -0.1) is 11.3 Å². The molecule has 1 aliphatic heterocycles.